The van der Waals surface area contributed by atoms with Crippen LogP contribution in [0, 0.1) is 32.4 Å². The second kappa shape index (κ2) is 33.5. The van der Waals surface area contributed by atoms with Gasteiger partial charge in [0.1, 0.15) is 11.6 Å². The summed E-state index contributed by atoms with van der Waals surface area (Å²) in [6.07, 6.45) is 24.5. The summed E-state index contributed by atoms with van der Waals surface area (Å²) in [7, 11) is 1.91. The van der Waals surface area contributed by atoms with E-state index in [0.717, 1.165) is 210 Å². The molecule has 23 rings (SSSR count). The van der Waals surface area contributed by atoms with E-state index in [2.05, 4.69) is 236 Å². The Morgan fingerprint density at radius 1 is 0.397 bits per heavy atom. The number of nitrogens with zero attached hydrogens (tertiary/aromatic N) is 30. The van der Waals surface area contributed by atoms with E-state index in [1.165, 1.54) is 10.6 Å². The molecule has 2 atom stereocenters. The Balaban J connectivity index is 0.000000106. The van der Waals surface area contributed by atoms with Crippen LogP contribution in [0.3, 0.4) is 0 Å². The molecule has 0 amide bonds. The van der Waals surface area contributed by atoms with Crippen molar-refractivity contribution in [2.45, 2.75) is 105 Å². The molecule has 16 aromatic heterocycles. The van der Waals surface area contributed by atoms with Gasteiger partial charge in [-0.3, -0.25) is 48.5 Å². The summed E-state index contributed by atoms with van der Waals surface area (Å²) in [5.41, 5.74) is 21.0. The van der Waals surface area contributed by atoms with Gasteiger partial charge in [-0.05, 0) is 166 Å². The normalized spacial score (nSPS) is 14.5. The number of halogens is 2. The number of aryl methyl sites for hydroxylation is 5. The van der Waals surface area contributed by atoms with Crippen molar-refractivity contribution in [2.75, 3.05) is 52.4 Å². The van der Waals surface area contributed by atoms with E-state index in [1.807, 2.05) is 143 Å². The maximum Gasteiger partial charge on any atom is 0.177 e. The molecule has 33 heteroatoms. The minimum atomic E-state index is -0.673. The second-order valence-electron chi connectivity index (χ2n) is 32.7. The lowest BCUT2D eigenvalue weighted by molar-refractivity contribution is 0.105. The van der Waals surface area contributed by atoms with Crippen molar-refractivity contribution < 1.29 is 8.78 Å². The molecule has 31 nitrogen and oxygen atoms in total. The van der Waals surface area contributed by atoms with E-state index in [4.69, 9.17) is 4.98 Å². The topological polar surface area (TPSA) is 314 Å². The van der Waals surface area contributed by atoms with Crippen molar-refractivity contribution in [3.05, 3.63) is 288 Å². The zero-order valence-corrected chi connectivity index (χ0v) is 71.0. The van der Waals surface area contributed by atoms with Gasteiger partial charge in [0.25, 0.3) is 0 Å². The highest BCUT2D eigenvalue weighted by Crippen LogP contribution is 2.35. The van der Waals surface area contributed by atoms with E-state index in [0.29, 0.717) is 36.0 Å². The molecule has 0 saturated carbocycles. The maximum absolute atomic E-state index is 15.6. The Bertz CT molecular complexity index is 7460. The van der Waals surface area contributed by atoms with E-state index in [9.17, 15) is 4.39 Å². The van der Waals surface area contributed by atoms with Gasteiger partial charge in [-0.15, -0.1) is 40.8 Å². The van der Waals surface area contributed by atoms with Crippen LogP contribution >= 0.6 is 0 Å². The molecular weight excluding hydrogens is 1590 g/mol. The molecule has 20 aromatic rings. The summed E-state index contributed by atoms with van der Waals surface area (Å²) < 4.78 is 45.4. The zero-order chi connectivity index (χ0) is 86.0. The number of likely N-dealkylation sites (N-methyl/N-ethyl adjacent to an activating group) is 2. The molecule has 19 heterocycles. The van der Waals surface area contributed by atoms with Crippen LogP contribution < -0.4 is 5.32 Å². The molecule has 0 aliphatic carbocycles. The minimum Gasteiger partial charge on any atom is -0.312 e. The van der Waals surface area contributed by atoms with Gasteiger partial charge in [-0.1, -0.05) is 52.8 Å². The molecule has 0 bridgehead atoms. The number of benzene rings is 4. The highest BCUT2D eigenvalue weighted by molar-refractivity contribution is 5.88. The fourth-order valence-corrected chi connectivity index (χ4v) is 16.4. The van der Waals surface area contributed by atoms with Crippen LogP contribution in [0.1, 0.15) is 133 Å². The largest absolute Gasteiger partial charge is 0.312 e. The van der Waals surface area contributed by atoms with Gasteiger partial charge < -0.3 is 5.32 Å². The van der Waals surface area contributed by atoms with E-state index in [-0.39, 0.29) is 34.7 Å². The van der Waals surface area contributed by atoms with Crippen molar-refractivity contribution in [3.8, 4) is 44.5 Å². The summed E-state index contributed by atoms with van der Waals surface area (Å²) in [5.74, 6) is 1.63. The monoisotopic (exact) mass is 1680 g/mol. The van der Waals surface area contributed by atoms with Gasteiger partial charge in [-0.25, -0.2) is 8.78 Å². The van der Waals surface area contributed by atoms with Gasteiger partial charge in [0.15, 0.2) is 45.9 Å². The highest BCUT2D eigenvalue weighted by atomic mass is 19.1. The van der Waals surface area contributed by atoms with Gasteiger partial charge in [0.05, 0.1) is 87.8 Å². The molecule has 630 valence electrons. The number of hydrogen-bond acceptors (Lipinski definition) is 23. The van der Waals surface area contributed by atoms with Crippen LogP contribution in [-0.4, -0.2) is 200 Å². The number of likely N-dealkylation sites (tertiary alicyclic amines) is 2. The Morgan fingerprint density at radius 2 is 0.825 bits per heavy atom. The lowest BCUT2D eigenvalue weighted by Crippen LogP contribution is -2.47. The van der Waals surface area contributed by atoms with Gasteiger partial charge in [0.2, 0.25) is 0 Å². The summed E-state index contributed by atoms with van der Waals surface area (Å²) in [6.45, 7) is 24.6. The summed E-state index contributed by atoms with van der Waals surface area (Å²) in [5, 5.41) is 77.0. The van der Waals surface area contributed by atoms with Crippen LogP contribution in [0.5, 0.6) is 0 Å². The third-order valence-electron chi connectivity index (χ3n) is 24.1. The molecule has 3 aliphatic heterocycles. The Hall–Kier alpha value is -14.7. The standard InChI is InChI=1S/C25H26N8.C24H22F2N8.C23H22N8.C21H19N7/c1-4-31-14-22(15-31)32-13-21(12-27-32)20-10-19-9-18(6-7-23(19)26-11-20)17(3)25-29-28-24-8-5-16(2)30-33(24)25;1-3-32-12-17(13-32)33-11-16(10-28-33)15-6-19-21(27-9-15)8-20(25)18(24(19)26)7-23-30-29-22-5-4-14(2)31-34(22)23;1-2-19-4-6-22-27-28-23(31(22)29-19)8-15-3-5-21-16(7-15)9-17(10-25-21)18-11-26-30(14-18)20-12-24-13-20;1-13-4-7-20-24-25-21(28(20)26-13)14(2)15-5-6-19-16(8-15)9-17(10-22-19)18-11-23-27(3)12-18/h5-13,17,22H,4,14-15H2,1-3H3;4-6,8-11,17H,3,7,12-13H2,1-2H3;3-7,9-11,14,20,24H,2,8,12-13H2,1H3;4-12,14H,1-3H3. The predicted molar refractivity (Wildman–Crippen MR) is 474 cm³/mol. The third kappa shape index (κ3) is 15.9. The van der Waals surface area contributed by atoms with Crippen molar-refractivity contribution in [2.24, 2.45) is 7.05 Å². The smallest absolute Gasteiger partial charge is 0.177 e. The van der Waals surface area contributed by atoms with Crippen molar-refractivity contribution in [1.29, 1.82) is 0 Å². The quantitative estimate of drug-likeness (QED) is 0.0834. The van der Waals surface area contributed by atoms with Crippen LogP contribution in [0.2, 0.25) is 0 Å². The molecule has 4 aromatic carbocycles. The lowest BCUT2D eigenvalue weighted by atomic mass is 9.97. The predicted octanol–water partition coefficient (Wildman–Crippen LogP) is 13.8. The Kier molecular flexibility index (Phi) is 21.2. The zero-order valence-electron chi connectivity index (χ0n) is 71.0. The molecule has 0 radical (unpaired) electrons. The van der Waals surface area contributed by atoms with Crippen molar-refractivity contribution in [3.63, 3.8) is 0 Å². The first kappa shape index (κ1) is 79.8. The Morgan fingerprint density at radius 3 is 1.31 bits per heavy atom. The Labute approximate surface area is 720 Å². The van der Waals surface area contributed by atoms with E-state index < -0.39 is 11.6 Å². The van der Waals surface area contributed by atoms with Crippen LogP contribution in [0.4, 0.5) is 8.78 Å². The van der Waals surface area contributed by atoms with Crippen LogP contribution in [0.15, 0.2) is 208 Å². The minimum absolute atomic E-state index is 0.0465. The first-order chi connectivity index (χ1) is 61.4. The first-order valence-electron chi connectivity index (χ1n) is 42.4. The summed E-state index contributed by atoms with van der Waals surface area (Å²) in [6, 6.07) is 45.1. The number of hydrogen-bond donors (Lipinski definition) is 1. The molecule has 3 fully saturated rings. The number of nitrogens with one attached hydrogen (secondary N) is 1. The molecule has 1 N–H and O–H groups in total. The molecule has 0 spiro atoms. The molecule has 3 saturated heterocycles. The maximum atomic E-state index is 15.6. The average Bonchev–Trinajstić information content (AvgIpc) is 1.45. The molecule has 2 unspecified atom stereocenters. The number of fused-ring (bicyclic) bond motifs is 8. The van der Waals surface area contributed by atoms with E-state index in [1.54, 1.807) is 29.2 Å². The SMILES string of the molecule is CCN1CC(n2cc(-c3cnc4cc(F)c(Cc5nnc6ccc(C)nn56)c(F)c4c3)cn2)C1.CCN1CC(n2cc(-c3cnc4ccc(C(C)c5nnc6ccc(C)nn56)cc4c3)cn2)C1.CCc1ccc2nnc(Cc3ccc4ncc(-c5cnn(C6CNC6)c5)cc4c3)n2n1.Cc1ccc2nnc(C(C)c3ccc4ncc(-c5cnn(C)c5)cc4c3)n2n1. The van der Waals surface area contributed by atoms with Crippen LogP contribution in [-0.2, 0) is 26.3 Å². The fourth-order valence-electron chi connectivity index (χ4n) is 16.4. The molecule has 126 heavy (non-hydrogen) atoms. The van der Waals surface area contributed by atoms with E-state index >= 15 is 4.39 Å². The average molecular weight is 1680 g/mol. The van der Waals surface area contributed by atoms with Crippen LogP contribution in [0.25, 0.3) is 111 Å². The van der Waals surface area contributed by atoms with Gasteiger partial charge in [0, 0.05) is 198 Å². The summed E-state index contributed by atoms with van der Waals surface area (Å²) >= 11 is 0. The third-order valence-corrected chi connectivity index (χ3v) is 24.1. The van der Waals surface area contributed by atoms with Crippen molar-refractivity contribution >= 4 is 66.2 Å². The van der Waals surface area contributed by atoms with Gasteiger partial charge >= 0.3 is 0 Å². The lowest BCUT2D eigenvalue weighted by Gasteiger charge is -2.38. The van der Waals surface area contributed by atoms with Gasteiger partial charge in [-0.2, -0.15) is 58.9 Å². The second-order valence-corrected chi connectivity index (χ2v) is 32.7. The van der Waals surface area contributed by atoms with Crippen molar-refractivity contribution in [1.82, 2.24) is 153 Å². The summed E-state index contributed by atoms with van der Waals surface area (Å²) in [4.78, 5) is 23.1. The molecular formula is C93H89F2N31. The fraction of sp³-hybridized carbons (Fsp3) is 0.269. The first-order valence-corrected chi connectivity index (χ1v) is 42.4. The number of aromatic nitrogens is 28. The highest BCUT2D eigenvalue weighted by Gasteiger charge is 2.30. The molecule has 3 aliphatic rings. The number of pyridine rings is 4. The number of rotatable bonds is 18.